The third-order valence-electron chi connectivity index (χ3n) is 4.07. The highest BCUT2D eigenvalue weighted by Gasteiger charge is 2.37. The lowest BCUT2D eigenvalue weighted by molar-refractivity contribution is -0.143. The number of hydrogen-bond donors (Lipinski definition) is 1. The molecule has 1 aromatic rings. The van der Waals surface area contributed by atoms with E-state index in [1.54, 1.807) is 0 Å². The maximum Gasteiger partial charge on any atom is 0.416 e. The van der Waals surface area contributed by atoms with Gasteiger partial charge in [-0.25, -0.2) is 0 Å². The minimum atomic E-state index is -4.95. The van der Waals surface area contributed by atoms with E-state index in [0.29, 0.717) is 25.3 Å². The molecule has 0 radical (unpaired) electrons. The Kier molecular flexibility index (Phi) is 7.11. The summed E-state index contributed by atoms with van der Waals surface area (Å²) in [5, 5.41) is 11.1. The van der Waals surface area contributed by atoms with Crippen LogP contribution in [0.4, 0.5) is 32.0 Å². The van der Waals surface area contributed by atoms with Gasteiger partial charge in [0.05, 0.1) is 29.7 Å². The summed E-state index contributed by atoms with van der Waals surface area (Å²) in [4.78, 5) is 1.52. The second-order valence-corrected chi connectivity index (χ2v) is 6.60. The zero-order valence-electron chi connectivity index (χ0n) is 14.5. The van der Waals surface area contributed by atoms with Crippen LogP contribution in [-0.4, -0.2) is 35.8 Å². The van der Waals surface area contributed by atoms with E-state index >= 15 is 0 Å². The Morgan fingerprint density at radius 1 is 1.18 bits per heavy atom. The first-order chi connectivity index (χ1) is 13.0. The third-order valence-corrected chi connectivity index (χ3v) is 4.43. The standard InChI is InChI=1S/C17H17F6N3OS/c18-16(19,20)11-7-12(17(21,22)23)9-13(8-11)25-15(28)26(5-2-4-24)10-14-3-1-6-27-14/h7-9,14H,1-3,5-6,10H2,(H,25,28). The molecule has 0 saturated carbocycles. The first-order valence-electron chi connectivity index (χ1n) is 8.34. The van der Waals surface area contributed by atoms with Crippen LogP contribution in [-0.2, 0) is 17.1 Å². The van der Waals surface area contributed by atoms with Gasteiger partial charge in [-0.1, -0.05) is 0 Å². The number of rotatable bonds is 5. The smallest absolute Gasteiger partial charge is 0.376 e. The number of ether oxygens (including phenoxy) is 1. The van der Waals surface area contributed by atoms with E-state index in [0.717, 1.165) is 12.8 Å². The van der Waals surface area contributed by atoms with Gasteiger partial charge in [0, 0.05) is 25.4 Å². The number of benzene rings is 1. The van der Waals surface area contributed by atoms with Crippen LogP contribution in [0.25, 0.3) is 0 Å². The van der Waals surface area contributed by atoms with E-state index < -0.39 is 29.2 Å². The van der Waals surface area contributed by atoms with Crippen molar-refractivity contribution in [3.63, 3.8) is 0 Å². The minimum absolute atomic E-state index is 0.0496. The van der Waals surface area contributed by atoms with Crippen molar-refractivity contribution in [2.24, 2.45) is 0 Å². The van der Waals surface area contributed by atoms with Crippen molar-refractivity contribution < 1.29 is 31.1 Å². The first kappa shape index (κ1) is 22.2. The van der Waals surface area contributed by atoms with Crippen LogP contribution in [0.2, 0.25) is 0 Å². The molecule has 1 aliphatic heterocycles. The number of anilines is 1. The number of nitrogens with zero attached hydrogens (tertiary/aromatic N) is 2. The van der Waals surface area contributed by atoms with Gasteiger partial charge in [0.1, 0.15) is 0 Å². The lowest BCUT2D eigenvalue weighted by Crippen LogP contribution is -2.40. The molecule has 1 atom stereocenters. The Labute approximate surface area is 163 Å². The average Bonchev–Trinajstić information content (AvgIpc) is 3.09. The molecule has 1 N–H and O–H groups in total. The Morgan fingerprint density at radius 3 is 2.25 bits per heavy atom. The maximum atomic E-state index is 13.0. The molecule has 1 unspecified atom stereocenters. The van der Waals surface area contributed by atoms with Gasteiger partial charge in [0.25, 0.3) is 0 Å². The first-order valence-corrected chi connectivity index (χ1v) is 8.75. The molecule has 4 nitrogen and oxygen atoms in total. The molecule has 28 heavy (non-hydrogen) atoms. The van der Waals surface area contributed by atoms with Crippen LogP contribution in [0, 0.1) is 11.3 Å². The second kappa shape index (κ2) is 8.96. The predicted molar refractivity (Wildman–Crippen MR) is 93.4 cm³/mol. The fourth-order valence-corrected chi connectivity index (χ4v) is 3.01. The van der Waals surface area contributed by atoms with Gasteiger partial charge in [-0.05, 0) is 43.3 Å². The zero-order valence-corrected chi connectivity index (χ0v) is 15.3. The molecule has 0 aliphatic carbocycles. The third kappa shape index (κ3) is 6.24. The van der Waals surface area contributed by atoms with Gasteiger partial charge < -0.3 is 15.0 Å². The molecule has 11 heteroatoms. The van der Waals surface area contributed by atoms with Gasteiger partial charge in [-0.3, -0.25) is 0 Å². The van der Waals surface area contributed by atoms with Crippen molar-refractivity contribution in [3.8, 4) is 6.07 Å². The van der Waals surface area contributed by atoms with Crippen LogP contribution in [0.15, 0.2) is 18.2 Å². The van der Waals surface area contributed by atoms with Crippen molar-refractivity contribution in [1.82, 2.24) is 4.90 Å². The maximum absolute atomic E-state index is 13.0. The van der Waals surface area contributed by atoms with Gasteiger partial charge in [0.15, 0.2) is 5.11 Å². The van der Waals surface area contributed by atoms with Crippen molar-refractivity contribution in [2.75, 3.05) is 25.0 Å². The summed E-state index contributed by atoms with van der Waals surface area (Å²) >= 11 is 5.17. The Bertz CT molecular complexity index is 706. The van der Waals surface area contributed by atoms with E-state index in [2.05, 4.69) is 5.32 Å². The summed E-state index contributed by atoms with van der Waals surface area (Å²) in [7, 11) is 0. The summed E-state index contributed by atoms with van der Waals surface area (Å²) in [5.74, 6) is 0. The summed E-state index contributed by atoms with van der Waals surface area (Å²) in [6.45, 7) is 1.03. The Morgan fingerprint density at radius 2 is 1.79 bits per heavy atom. The summed E-state index contributed by atoms with van der Waals surface area (Å²) in [6, 6.07) is 3.11. The molecular formula is C17H17F6N3OS. The molecule has 0 amide bonds. The summed E-state index contributed by atoms with van der Waals surface area (Å²) in [5.41, 5.74) is -3.30. The van der Waals surface area contributed by atoms with Gasteiger partial charge in [0.2, 0.25) is 0 Å². The number of halogens is 6. The van der Waals surface area contributed by atoms with Crippen LogP contribution in [0.3, 0.4) is 0 Å². The quantitative estimate of drug-likeness (QED) is 0.542. The fourth-order valence-electron chi connectivity index (χ4n) is 2.72. The number of hydrogen-bond acceptors (Lipinski definition) is 3. The van der Waals surface area contributed by atoms with Crippen molar-refractivity contribution in [2.45, 2.75) is 37.7 Å². The van der Waals surface area contributed by atoms with Crippen LogP contribution >= 0.6 is 12.2 Å². The Balaban J connectivity index is 2.24. The van der Waals surface area contributed by atoms with E-state index in [4.69, 9.17) is 22.2 Å². The summed E-state index contributed by atoms with van der Waals surface area (Å²) in [6.07, 6.45) is -8.36. The molecule has 1 aromatic carbocycles. The van der Waals surface area contributed by atoms with Gasteiger partial charge >= 0.3 is 12.4 Å². The molecule has 0 spiro atoms. The normalized spacial score (nSPS) is 17.2. The average molecular weight is 425 g/mol. The van der Waals surface area contributed by atoms with E-state index in [9.17, 15) is 26.3 Å². The lowest BCUT2D eigenvalue weighted by Gasteiger charge is -2.28. The zero-order chi connectivity index (χ0) is 20.9. The molecule has 0 bridgehead atoms. The predicted octanol–water partition coefficient (Wildman–Crippen LogP) is 4.82. The van der Waals surface area contributed by atoms with Gasteiger partial charge in [-0.2, -0.15) is 31.6 Å². The molecule has 1 aliphatic rings. The molecule has 154 valence electrons. The second-order valence-electron chi connectivity index (χ2n) is 6.21. The van der Waals surface area contributed by atoms with Gasteiger partial charge in [-0.15, -0.1) is 0 Å². The number of thiocarbonyl (C=S) groups is 1. The van der Waals surface area contributed by atoms with Crippen LogP contribution in [0.5, 0.6) is 0 Å². The monoisotopic (exact) mass is 425 g/mol. The molecule has 1 saturated heterocycles. The fraction of sp³-hybridized carbons (Fsp3) is 0.529. The van der Waals surface area contributed by atoms with E-state index in [1.165, 1.54) is 4.90 Å². The topological polar surface area (TPSA) is 48.3 Å². The highest BCUT2D eigenvalue weighted by Crippen LogP contribution is 2.37. The van der Waals surface area contributed by atoms with E-state index in [-0.39, 0.29) is 30.2 Å². The minimum Gasteiger partial charge on any atom is -0.376 e. The van der Waals surface area contributed by atoms with Crippen LogP contribution < -0.4 is 5.32 Å². The number of alkyl halides is 6. The molecule has 1 fully saturated rings. The molecule has 2 rings (SSSR count). The lowest BCUT2D eigenvalue weighted by atomic mass is 10.1. The van der Waals surface area contributed by atoms with Crippen molar-refractivity contribution in [1.29, 1.82) is 5.26 Å². The highest BCUT2D eigenvalue weighted by molar-refractivity contribution is 7.80. The number of nitrogens with one attached hydrogen (secondary N) is 1. The molecule has 1 heterocycles. The van der Waals surface area contributed by atoms with Crippen molar-refractivity contribution >= 4 is 23.0 Å². The van der Waals surface area contributed by atoms with Crippen LogP contribution in [0.1, 0.15) is 30.4 Å². The van der Waals surface area contributed by atoms with Crippen molar-refractivity contribution in [3.05, 3.63) is 29.3 Å². The summed E-state index contributed by atoms with van der Waals surface area (Å²) < 4.78 is 83.4. The molecule has 0 aromatic heterocycles. The Hall–Kier alpha value is -2.06. The largest absolute Gasteiger partial charge is 0.416 e. The highest BCUT2D eigenvalue weighted by atomic mass is 32.1. The molecular weight excluding hydrogens is 408 g/mol. The number of nitriles is 1. The van der Waals surface area contributed by atoms with E-state index in [1.807, 2.05) is 6.07 Å². The SMILES string of the molecule is N#CCCN(CC1CCCO1)C(=S)Nc1cc(C(F)(F)F)cc(C(F)(F)F)c1.